The van der Waals surface area contributed by atoms with E-state index < -0.39 is 0 Å². The lowest BCUT2D eigenvalue weighted by Gasteiger charge is -2.28. The van der Waals surface area contributed by atoms with Gasteiger partial charge < -0.3 is 26.0 Å². The van der Waals surface area contributed by atoms with E-state index in [-0.39, 0.29) is 0 Å². The summed E-state index contributed by atoms with van der Waals surface area (Å²) in [5.41, 5.74) is 8.83. The second-order valence-electron chi connectivity index (χ2n) is 7.25. The van der Waals surface area contributed by atoms with Crippen molar-refractivity contribution in [3.05, 3.63) is 30.5 Å². The van der Waals surface area contributed by atoms with Crippen LogP contribution in [0.1, 0.15) is 32.1 Å². The van der Waals surface area contributed by atoms with Crippen LogP contribution in [0.2, 0.25) is 0 Å². The first kappa shape index (κ1) is 17.9. The molecule has 144 valence electrons. The third kappa shape index (κ3) is 4.60. The van der Waals surface area contributed by atoms with Gasteiger partial charge in [0.15, 0.2) is 5.82 Å². The number of nitrogens with one attached hydrogen (secondary N) is 2. The van der Waals surface area contributed by atoms with E-state index in [1.54, 1.807) is 6.20 Å². The predicted octanol–water partition coefficient (Wildman–Crippen LogP) is 3.38. The molecule has 0 radical (unpaired) electrons. The van der Waals surface area contributed by atoms with Crippen LogP contribution in [-0.4, -0.2) is 42.3 Å². The van der Waals surface area contributed by atoms with Gasteiger partial charge in [0.05, 0.1) is 25.1 Å². The normalized spacial score (nSPS) is 18.3. The summed E-state index contributed by atoms with van der Waals surface area (Å²) in [5, 5.41) is 6.77. The van der Waals surface area contributed by atoms with Crippen molar-refractivity contribution < 1.29 is 4.74 Å². The second-order valence-corrected chi connectivity index (χ2v) is 7.25. The Morgan fingerprint density at radius 2 is 1.78 bits per heavy atom. The van der Waals surface area contributed by atoms with E-state index in [2.05, 4.69) is 49.8 Å². The Bertz CT molecular complexity index is 739. The van der Waals surface area contributed by atoms with Gasteiger partial charge in [-0.05, 0) is 37.1 Å². The van der Waals surface area contributed by atoms with Crippen LogP contribution >= 0.6 is 0 Å². The summed E-state index contributed by atoms with van der Waals surface area (Å²) in [6.45, 7) is 3.44. The van der Waals surface area contributed by atoms with Gasteiger partial charge in [0, 0.05) is 30.5 Å². The first-order valence-corrected chi connectivity index (χ1v) is 9.87. The number of aromatic nitrogens is 2. The molecule has 7 nitrogen and oxygen atoms in total. The minimum Gasteiger partial charge on any atom is -0.394 e. The number of morpholine rings is 1. The molecular formula is C20H28N6O. The molecule has 1 aromatic heterocycles. The lowest BCUT2D eigenvalue weighted by molar-refractivity contribution is 0.122. The Kier molecular flexibility index (Phi) is 5.58. The van der Waals surface area contributed by atoms with Crippen molar-refractivity contribution in [2.24, 2.45) is 0 Å². The predicted molar refractivity (Wildman–Crippen MR) is 110 cm³/mol. The summed E-state index contributed by atoms with van der Waals surface area (Å²) in [6.07, 6.45) is 7.88. The van der Waals surface area contributed by atoms with E-state index >= 15 is 0 Å². The number of hydrogen-bond donors (Lipinski definition) is 3. The Labute approximate surface area is 160 Å². The van der Waals surface area contributed by atoms with E-state index in [0.717, 1.165) is 37.8 Å². The molecule has 2 aromatic rings. The SMILES string of the molecule is Nc1cnc(Nc2ccc(N3CCOCC3)cc2)nc1NC1CCCCC1. The molecule has 1 aromatic carbocycles. The Hall–Kier alpha value is -2.54. The molecule has 2 fully saturated rings. The van der Waals surface area contributed by atoms with Gasteiger partial charge >= 0.3 is 0 Å². The fourth-order valence-corrected chi connectivity index (χ4v) is 3.71. The zero-order chi connectivity index (χ0) is 18.5. The van der Waals surface area contributed by atoms with Gasteiger partial charge in [-0.3, -0.25) is 0 Å². The molecule has 0 atom stereocenters. The minimum absolute atomic E-state index is 0.455. The zero-order valence-corrected chi connectivity index (χ0v) is 15.7. The fraction of sp³-hybridized carbons (Fsp3) is 0.500. The second kappa shape index (κ2) is 8.43. The van der Waals surface area contributed by atoms with E-state index in [1.165, 1.54) is 37.8 Å². The summed E-state index contributed by atoms with van der Waals surface area (Å²) in [7, 11) is 0. The van der Waals surface area contributed by atoms with Crippen LogP contribution in [0.25, 0.3) is 0 Å². The Morgan fingerprint density at radius 3 is 2.52 bits per heavy atom. The average molecular weight is 368 g/mol. The number of ether oxygens (including phenoxy) is 1. The number of anilines is 5. The number of nitrogens with zero attached hydrogens (tertiary/aromatic N) is 3. The quantitative estimate of drug-likeness (QED) is 0.745. The molecular weight excluding hydrogens is 340 g/mol. The highest BCUT2D eigenvalue weighted by Crippen LogP contribution is 2.25. The molecule has 1 aliphatic carbocycles. The van der Waals surface area contributed by atoms with E-state index in [1.807, 2.05) is 0 Å². The van der Waals surface area contributed by atoms with Crippen LogP contribution in [0.3, 0.4) is 0 Å². The van der Waals surface area contributed by atoms with Crippen molar-refractivity contribution in [2.75, 3.05) is 47.6 Å². The van der Waals surface area contributed by atoms with Crippen LogP contribution in [0.5, 0.6) is 0 Å². The van der Waals surface area contributed by atoms with Crippen molar-refractivity contribution in [3.63, 3.8) is 0 Å². The molecule has 1 saturated carbocycles. The Balaban J connectivity index is 1.41. The highest BCUT2D eigenvalue weighted by atomic mass is 16.5. The highest BCUT2D eigenvalue weighted by molar-refractivity contribution is 5.65. The van der Waals surface area contributed by atoms with Crippen molar-refractivity contribution >= 4 is 28.8 Å². The number of benzene rings is 1. The minimum atomic E-state index is 0.455. The molecule has 0 spiro atoms. The van der Waals surface area contributed by atoms with E-state index in [4.69, 9.17) is 10.5 Å². The van der Waals surface area contributed by atoms with Crippen molar-refractivity contribution in [3.8, 4) is 0 Å². The molecule has 0 bridgehead atoms. The molecule has 27 heavy (non-hydrogen) atoms. The van der Waals surface area contributed by atoms with Gasteiger partial charge in [0.25, 0.3) is 0 Å². The standard InChI is InChI=1S/C20H28N6O/c21-18-14-22-20(25-19(18)23-15-4-2-1-3-5-15)24-16-6-8-17(9-7-16)26-10-12-27-13-11-26/h6-9,14-15H,1-5,10-13,21H2,(H2,22,23,24,25). The smallest absolute Gasteiger partial charge is 0.229 e. The highest BCUT2D eigenvalue weighted by Gasteiger charge is 2.16. The summed E-state index contributed by atoms with van der Waals surface area (Å²) in [4.78, 5) is 11.2. The average Bonchev–Trinajstić information content (AvgIpc) is 2.72. The topological polar surface area (TPSA) is 88.3 Å². The van der Waals surface area contributed by atoms with Crippen LogP contribution in [0.15, 0.2) is 30.5 Å². The maximum absolute atomic E-state index is 6.07. The van der Waals surface area contributed by atoms with Gasteiger partial charge in [-0.2, -0.15) is 4.98 Å². The third-order valence-corrected chi connectivity index (χ3v) is 5.26. The van der Waals surface area contributed by atoms with Crippen LogP contribution in [-0.2, 0) is 4.74 Å². The maximum Gasteiger partial charge on any atom is 0.229 e. The van der Waals surface area contributed by atoms with Crippen molar-refractivity contribution in [2.45, 2.75) is 38.1 Å². The summed E-state index contributed by atoms with van der Waals surface area (Å²) < 4.78 is 5.41. The third-order valence-electron chi connectivity index (χ3n) is 5.26. The van der Waals surface area contributed by atoms with Crippen molar-refractivity contribution in [1.29, 1.82) is 0 Å². The van der Waals surface area contributed by atoms with Crippen molar-refractivity contribution in [1.82, 2.24) is 9.97 Å². The lowest BCUT2D eigenvalue weighted by atomic mass is 9.95. The Morgan fingerprint density at radius 1 is 1.04 bits per heavy atom. The molecule has 2 heterocycles. The molecule has 7 heteroatoms. The number of nitrogens with two attached hydrogens (primary N) is 1. The summed E-state index contributed by atoms with van der Waals surface area (Å²) >= 11 is 0. The largest absolute Gasteiger partial charge is 0.394 e. The summed E-state index contributed by atoms with van der Waals surface area (Å²) in [6, 6.07) is 8.80. The van der Waals surface area contributed by atoms with E-state index in [0.29, 0.717) is 17.7 Å². The number of hydrogen-bond acceptors (Lipinski definition) is 7. The van der Waals surface area contributed by atoms with Crippen LogP contribution < -0.4 is 21.3 Å². The molecule has 1 saturated heterocycles. The first-order chi connectivity index (χ1) is 13.3. The first-order valence-electron chi connectivity index (χ1n) is 9.87. The maximum atomic E-state index is 6.07. The van der Waals surface area contributed by atoms with Gasteiger partial charge in [0.2, 0.25) is 5.95 Å². The molecule has 2 aliphatic rings. The van der Waals surface area contributed by atoms with Gasteiger partial charge in [0.1, 0.15) is 0 Å². The van der Waals surface area contributed by atoms with E-state index in [9.17, 15) is 0 Å². The van der Waals surface area contributed by atoms with Crippen LogP contribution in [0, 0.1) is 0 Å². The lowest BCUT2D eigenvalue weighted by Crippen LogP contribution is -2.36. The molecule has 4 N–H and O–H groups in total. The number of nitrogen functional groups attached to an aromatic ring is 1. The van der Waals surface area contributed by atoms with Gasteiger partial charge in [-0.15, -0.1) is 0 Å². The fourth-order valence-electron chi connectivity index (χ4n) is 3.71. The van der Waals surface area contributed by atoms with Gasteiger partial charge in [-0.1, -0.05) is 19.3 Å². The zero-order valence-electron chi connectivity index (χ0n) is 15.7. The van der Waals surface area contributed by atoms with Gasteiger partial charge in [-0.25, -0.2) is 4.98 Å². The number of rotatable bonds is 5. The molecule has 0 amide bonds. The summed E-state index contributed by atoms with van der Waals surface area (Å²) in [5.74, 6) is 1.28. The van der Waals surface area contributed by atoms with Crippen LogP contribution in [0.4, 0.5) is 28.8 Å². The molecule has 0 unspecified atom stereocenters. The monoisotopic (exact) mass is 368 g/mol. The molecule has 4 rings (SSSR count). The molecule has 1 aliphatic heterocycles.